The summed E-state index contributed by atoms with van der Waals surface area (Å²) in [5.74, 6) is 1.47. The van der Waals surface area contributed by atoms with E-state index in [4.69, 9.17) is 9.15 Å². The van der Waals surface area contributed by atoms with E-state index in [9.17, 15) is 4.79 Å². The lowest BCUT2D eigenvalue weighted by molar-refractivity contribution is -0.116. The number of hydrogen-bond donors (Lipinski definition) is 1. The van der Waals surface area contributed by atoms with Gasteiger partial charge in [-0.2, -0.15) is 0 Å². The maximum atomic E-state index is 12.0. The topological polar surface area (TPSA) is 77.3 Å². The number of furan rings is 1. The first-order valence-electron chi connectivity index (χ1n) is 7.50. The smallest absolute Gasteiger partial charge is 0.226 e. The Hall–Kier alpha value is -2.51. The van der Waals surface area contributed by atoms with Crippen LogP contribution >= 0.6 is 11.3 Å². The molecule has 0 spiro atoms. The zero-order valence-corrected chi connectivity index (χ0v) is 14.0. The second kappa shape index (κ2) is 7.85. The van der Waals surface area contributed by atoms with Crippen LogP contribution in [0.15, 0.2) is 46.9 Å². The maximum Gasteiger partial charge on any atom is 0.226 e. The van der Waals surface area contributed by atoms with Gasteiger partial charge in [0.15, 0.2) is 0 Å². The van der Waals surface area contributed by atoms with Gasteiger partial charge in [-0.1, -0.05) is 41.7 Å². The predicted octanol–water partition coefficient (Wildman–Crippen LogP) is 3.52. The molecule has 1 N–H and O–H groups in total. The van der Waals surface area contributed by atoms with Gasteiger partial charge >= 0.3 is 0 Å². The van der Waals surface area contributed by atoms with Gasteiger partial charge < -0.3 is 14.5 Å². The van der Waals surface area contributed by atoms with Gasteiger partial charge in [-0.15, -0.1) is 10.2 Å². The van der Waals surface area contributed by atoms with Crippen molar-refractivity contribution in [2.45, 2.75) is 19.4 Å². The molecule has 7 heteroatoms. The fourth-order valence-electron chi connectivity index (χ4n) is 2.17. The van der Waals surface area contributed by atoms with Crippen LogP contribution in [-0.4, -0.2) is 23.2 Å². The Morgan fingerprint density at radius 2 is 2.04 bits per heavy atom. The molecule has 2 heterocycles. The van der Waals surface area contributed by atoms with Crippen LogP contribution in [0.5, 0.6) is 0 Å². The summed E-state index contributed by atoms with van der Waals surface area (Å²) in [4.78, 5) is 12.0. The molecule has 0 saturated heterocycles. The standard InChI is InChI=1S/C17H17N3O3S/c1-22-11-16-19-20-17(24-16)18-15(21)10-8-13-7-9-14(23-13)12-5-3-2-4-6-12/h2-7,9H,8,10-11H2,1H3,(H,18,20,21). The number of aryl methyl sites for hydroxylation is 1. The zero-order chi connectivity index (χ0) is 16.8. The number of hydrogen-bond acceptors (Lipinski definition) is 6. The number of aromatic nitrogens is 2. The van der Waals surface area contributed by atoms with Crippen molar-refractivity contribution in [3.8, 4) is 11.3 Å². The third-order valence-corrected chi connectivity index (χ3v) is 4.11. The molecule has 0 aliphatic heterocycles. The van der Waals surface area contributed by atoms with Gasteiger partial charge in [0.2, 0.25) is 11.0 Å². The summed E-state index contributed by atoms with van der Waals surface area (Å²) in [7, 11) is 1.59. The van der Waals surface area contributed by atoms with Gasteiger partial charge in [0.1, 0.15) is 23.1 Å². The lowest BCUT2D eigenvalue weighted by Crippen LogP contribution is -2.11. The average molecular weight is 343 g/mol. The van der Waals surface area contributed by atoms with Crippen molar-refractivity contribution < 1.29 is 13.9 Å². The molecule has 0 bridgehead atoms. The zero-order valence-electron chi connectivity index (χ0n) is 13.2. The van der Waals surface area contributed by atoms with Crippen LogP contribution in [-0.2, 0) is 22.6 Å². The van der Waals surface area contributed by atoms with Gasteiger partial charge in [0.05, 0.1) is 0 Å². The van der Waals surface area contributed by atoms with Crippen molar-refractivity contribution >= 4 is 22.4 Å². The minimum Gasteiger partial charge on any atom is -0.461 e. The summed E-state index contributed by atoms with van der Waals surface area (Å²) in [6.07, 6.45) is 0.851. The summed E-state index contributed by atoms with van der Waals surface area (Å²) in [5, 5.41) is 11.8. The van der Waals surface area contributed by atoms with E-state index >= 15 is 0 Å². The van der Waals surface area contributed by atoms with Crippen molar-refractivity contribution in [1.29, 1.82) is 0 Å². The molecule has 3 rings (SSSR count). The molecule has 1 amide bonds. The minimum atomic E-state index is -0.118. The van der Waals surface area contributed by atoms with Crippen molar-refractivity contribution in [1.82, 2.24) is 10.2 Å². The summed E-state index contributed by atoms with van der Waals surface area (Å²) in [5.41, 5.74) is 1.02. The van der Waals surface area contributed by atoms with Gasteiger partial charge in [0, 0.05) is 25.5 Å². The highest BCUT2D eigenvalue weighted by atomic mass is 32.1. The normalized spacial score (nSPS) is 10.7. The van der Waals surface area contributed by atoms with E-state index in [2.05, 4.69) is 15.5 Å². The highest BCUT2D eigenvalue weighted by molar-refractivity contribution is 7.15. The number of ether oxygens (including phenoxy) is 1. The van der Waals surface area contributed by atoms with E-state index in [1.165, 1.54) is 11.3 Å². The van der Waals surface area contributed by atoms with E-state index in [0.29, 0.717) is 24.6 Å². The quantitative estimate of drug-likeness (QED) is 0.710. The Balaban J connectivity index is 1.52. The molecule has 0 unspecified atom stereocenters. The summed E-state index contributed by atoms with van der Waals surface area (Å²) in [6, 6.07) is 13.7. The summed E-state index contributed by atoms with van der Waals surface area (Å²) >= 11 is 1.31. The van der Waals surface area contributed by atoms with Crippen LogP contribution in [0.3, 0.4) is 0 Å². The molecule has 0 aliphatic carbocycles. The molecule has 6 nitrogen and oxygen atoms in total. The summed E-state index contributed by atoms with van der Waals surface area (Å²) < 4.78 is 10.8. The second-order valence-electron chi connectivity index (χ2n) is 5.11. The molecule has 1 aromatic carbocycles. The highest BCUT2D eigenvalue weighted by Gasteiger charge is 2.10. The molecule has 124 valence electrons. The molecule has 0 radical (unpaired) electrons. The van der Waals surface area contributed by atoms with Crippen LogP contribution in [0.1, 0.15) is 17.2 Å². The van der Waals surface area contributed by atoms with Crippen LogP contribution in [0.4, 0.5) is 5.13 Å². The first-order chi connectivity index (χ1) is 11.7. The van der Waals surface area contributed by atoms with E-state index in [0.717, 1.165) is 22.1 Å². The van der Waals surface area contributed by atoms with E-state index in [1.807, 2.05) is 42.5 Å². The number of rotatable bonds is 7. The number of carbonyl (C=O) groups is 1. The number of carbonyl (C=O) groups excluding carboxylic acids is 1. The summed E-state index contributed by atoms with van der Waals surface area (Å²) in [6.45, 7) is 0.391. The molecule has 24 heavy (non-hydrogen) atoms. The second-order valence-corrected chi connectivity index (χ2v) is 6.18. The third kappa shape index (κ3) is 4.27. The average Bonchev–Trinajstić information content (AvgIpc) is 3.24. The molecule has 0 fully saturated rings. The van der Waals surface area contributed by atoms with Gasteiger partial charge in [-0.25, -0.2) is 0 Å². The molecule has 0 saturated carbocycles. The largest absolute Gasteiger partial charge is 0.461 e. The fraction of sp³-hybridized carbons (Fsp3) is 0.235. The van der Waals surface area contributed by atoms with Crippen molar-refractivity contribution in [2.24, 2.45) is 0 Å². The Kier molecular flexibility index (Phi) is 5.35. The van der Waals surface area contributed by atoms with E-state index in [-0.39, 0.29) is 5.91 Å². The van der Waals surface area contributed by atoms with E-state index in [1.54, 1.807) is 7.11 Å². The molecule has 0 aliphatic rings. The predicted molar refractivity (Wildman–Crippen MR) is 91.7 cm³/mol. The minimum absolute atomic E-state index is 0.118. The van der Waals surface area contributed by atoms with Crippen LogP contribution < -0.4 is 5.32 Å². The number of amides is 1. The number of nitrogens with one attached hydrogen (secondary N) is 1. The van der Waals surface area contributed by atoms with Gasteiger partial charge in [-0.3, -0.25) is 4.79 Å². The SMILES string of the molecule is COCc1nnc(NC(=O)CCc2ccc(-c3ccccc3)o2)s1. The monoisotopic (exact) mass is 343 g/mol. The van der Waals surface area contributed by atoms with Crippen LogP contribution in [0.25, 0.3) is 11.3 Å². The molecular formula is C17H17N3O3S. The number of nitrogens with zero attached hydrogens (tertiary/aromatic N) is 2. The van der Waals surface area contributed by atoms with Gasteiger partial charge in [-0.05, 0) is 12.1 Å². The highest BCUT2D eigenvalue weighted by Crippen LogP contribution is 2.22. The lowest BCUT2D eigenvalue weighted by Gasteiger charge is -2.00. The third-order valence-electron chi connectivity index (χ3n) is 3.30. The number of benzene rings is 1. The van der Waals surface area contributed by atoms with Crippen molar-refractivity contribution in [2.75, 3.05) is 12.4 Å². The molecule has 0 atom stereocenters. The fourth-order valence-corrected chi connectivity index (χ4v) is 2.90. The number of anilines is 1. The Morgan fingerprint density at radius 1 is 1.21 bits per heavy atom. The first kappa shape index (κ1) is 16.4. The molecular weight excluding hydrogens is 326 g/mol. The van der Waals surface area contributed by atoms with Gasteiger partial charge in [0.25, 0.3) is 0 Å². The first-order valence-corrected chi connectivity index (χ1v) is 8.31. The molecule has 2 aromatic heterocycles. The van der Waals surface area contributed by atoms with Crippen molar-refractivity contribution in [3.05, 3.63) is 53.2 Å². The Labute approximate surface area is 143 Å². The van der Waals surface area contributed by atoms with Crippen LogP contribution in [0, 0.1) is 0 Å². The van der Waals surface area contributed by atoms with Crippen LogP contribution in [0.2, 0.25) is 0 Å². The maximum absolute atomic E-state index is 12.0. The number of methoxy groups -OCH3 is 1. The Bertz CT molecular complexity index is 798. The Morgan fingerprint density at radius 3 is 2.83 bits per heavy atom. The van der Waals surface area contributed by atoms with Crippen molar-refractivity contribution in [3.63, 3.8) is 0 Å². The van der Waals surface area contributed by atoms with E-state index < -0.39 is 0 Å². The lowest BCUT2D eigenvalue weighted by atomic mass is 10.2. The molecule has 3 aromatic rings.